The molecule has 23 heavy (non-hydrogen) atoms. The molecule has 2 aliphatic heterocycles. The minimum atomic E-state index is -3.35. The Bertz CT molecular complexity index is 666. The van der Waals surface area contributed by atoms with Gasteiger partial charge < -0.3 is 14.6 Å². The number of amides is 1. The van der Waals surface area contributed by atoms with Gasteiger partial charge in [-0.25, -0.2) is 13.4 Å². The lowest BCUT2D eigenvalue weighted by Crippen LogP contribution is -2.47. The van der Waals surface area contributed by atoms with E-state index in [9.17, 15) is 13.2 Å². The van der Waals surface area contributed by atoms with E-state index in [0.717, 1.165) is 38.0 Å². The molecule has 8 nitrogen and oxygen atoms in total. The number of carbonyl (C=O) groups is 1. The van der Waals surface area contributed by atoms with Crippen molar-refractivity contribution in [3.05, 3.63) is 18.2 Å². The molecule has 0 saturated carbocycles. The average molecular weight is 342 g/mol. The number of rotatable bonds is 4. The van der Waals surface area contributed by atoms with E-state index in [4.69, 9.17) is 4.74 Å². The van der Waals surface area contributed by atoms with Crippen molar-refractivity contribution < 1.29 is 17.9 Å². The van der Waals surface area contributed by atoms with Crippen molar-refractivity contribution in [2.24, 2.45) is 5.92 Å². The summed E-state index contributed by atoms with van der Waals surface area (Å²) >= 11 is 0. The predicted molar refractivity (Wildman–Crippen MR) is 83.1 cm³/mol. The van der Waals surface area contributed by atoms with Crippen LogP contribution in [0.2, 0.25) is 0 Å². The van der Waals surface area contributed by atoms with E-state index in [2.05, 4.69) is 10.3 Å². The van der Waals surface area contributed by atoms with Crippen LogP contribution in [0.4, 0.5) is 0 Å². The number of aromatic nitrogens is 2. The summed E-state index contributed by atoms with van der Waals surface area (Å²) in [4.78, 5) is 16.6. The molecule has 1 atom stereocenters. The van der Waals surface area contributed by atoms with Gasteiger partial charge in [0.25, 0.3) is 0 Å². The number of fused-ring (bicyclic) bond motifs is 1. The van der Waals surface area contributed by atoms with E-state index in [1.54, 1.807) is 17.1 Å². The molecule has 1 fully saturated rings. The van der Waals surface area contributed by atoms with E-state index in [1.165, 1.54) is 4.31 Å². The molecule has 0 bridgehead atoms. The summed E-state index contributed by atoms with van der Waals surface area (Å²) in [5.74, 6) is 0.258. The van der Waals surface area contributed by atoms with E-state index < -0.39 is 16.1 Å². The normalized spacial score (nSPS) is 23.4. The summed E-state index contributed by atoms with van der Waals surface area (Å²) in [6, 6.07) is -0.573. The Morgan fingerprint density at radius 1 is 1.43 bits per heavy atom. The summed E-state index contributed by atoms with van der Waals surface area (Å²) in [7, 11) is -3.35. The van der Waals surface area contributed by atoms with Gasteiger partial charge in [0, 0.05) is 32.5 Å². The molecule has 3 rings (SSSR count). The highest BCUT2D eigenvalue weighted by Gasteiger charge is 2.34. The summed E-state index contributed by atoms with van der Waals surface area (Å²) in [5, 5.41) is 2.96. The lowest BCUT2D eigenvalue weighted by molar-refractivity contribution is -0.125. The fraction of sp³-hybridized carbons (Fsp3) is 0.714. The topological polar surface area (TPSA) is 93.5 Å². The number of imidazole rings is 1. The molecule has 1 saturated heterocycles. The number of hydrogen-bond acceptors (Lipinski definition) is 5. The third kappa shape index (κ3) is 3.73. The van der Waals surface area contributed by atoms with Crippen LogP contribution in [0, 0.1) is 5.92 Å². The van der Waals surface area contributed by atoms with E-state index in [0.29, 0.717) is 12.5 Å². The van der Waals surface area contributed by atoms with Gasteiger partial charge >= 0.3 is 0 Å². The highest BCUT2D eigenvalue weighted by molar-refractivity contribution is 7.88. The molecule has 9 heteroatoms. The van der Waals surface area contributed by atoms with Crippen LogP contribution in [0.5, 0.6) is 0 Å². The molecule has 1 N–H and O–H groups in total. The molecule has 0 aliphatic carbocycles. The van der Waals surface area contributed by atoms with Crippen LogP contribution in [-0.4, -0.2) is 60.7 Å². The molecule has 2 aliphatic rings. The maximum absolute atomic E-state index is 12.6. The Balaban J connectivity index is 1.69. The Hall–Kier alpha value is -1.45. The van der Waals surface area contributed by atoms with Crippen LogP contribution in [0.25, 0.3) is 0 Å². The van der Waals surface area contributed by atoms with E-state index >= 15 is 0 Å². The van der Waals surface area contributed by atoms with Gasteiger partial charge in [0.05, 0.1) is 24.8 Å². The minimum absolute atomic E-state index is 0.141. The van der Waals surface area contributed by atoms with Crippen molar-refractivity contribution in [2.75, 3.05) is 32.6 Å². The standard InChI is InChI=1S/C14H22N4O4S/c1-23(20,21)17-8-12-7-15-10-18(12)13(9-17)14(19)16-6-11-2-4-22-5-3-11/h7,10-11,13H,2-6,8-9H2,1H3,(H,16,19)/t13-/m1/s1. The summed E-state index contributed by atoms with van der Waals surface area (Å²) in [5.41, 5.74) is 0.730. The molecule has 0 spiro atoms. The Labute approximate surface area is 135 Å². The number of ether oxygens (including phenoxy) is 1. The number of carbonyl (C=O) groups excluding carboxylic acids is 1. The summed E-state index contributed by atoms with van der Waals surface area (Å²) in [6.45, 7) is 2.46. The molecule has 1 aromatic heterocycles. The fourth-order valence-electron chi connectivity index (χ4n) is 3.04. The van der Waals surface area contributed by atoms with Gasteiger partial charge in [0.15, 0.2) is 0 Å². The van der Waals surface area contributed by atoms with Gasteiger partial charge in [-0.3, -0.25) is 4.79 Å². The van der Waals surface area contributed by atoms with Gasteiger partial charge in [0.2, 0.25) is 15.9 Å². The smallest absolute Gasteiger partial charge is 0.244 e. The highest BCUT2D eigenvalue weighted by Crippen LogP contribution is 2.23. The largest absolute Gasteiger partial charge is 0.381 e. The monoisotopic (exact) mass is 342 g/mol. The Morgan fingerprint density at radius 2 is 2.17 bits per heavy atom. The first-order chi connectivity index (χ1) is 10.9. The third-order valence-corrected chi connectivity index (χ3v) is 5.69. The molecular formula is C14H22N4O4S. The zero-order chi connectivity index (χ0) is 16.4. The van der Waals surface area contributed by atoms with Crippen molar-refractivity contribution in [1.82, 2.24) is 19.2 Å². The van der Waals surface area contributed by atoms with Crippen molar-refractivity contribution in [3.63, 3.8) is 0 Å². The van der Waals surface area contributed by atoms with Crippen LogP contribution in [0.3, 0.4) is 0 Å². The first-order valence-corrected chi connectivity index (χ1v) is 9.61. The van der Waals surface area contributed by atoms with Gasteiger partial charge in [-0.05, 0) is 18.8 Å². The summed E-state index contributed by atoms with van der Waals surface area (Å²) < 4.78 is 32.1. The first kappa shape index (κ1) is 16.4. The average Bonchev–Trinajstić information content (AvgIpc) is 3.00. The van der Waals surface area contributed by atoms with Gasteiger partial charge in [0.1, 0.15) is 6.04 Å². The lowest BCUT2D eigenvalue weighted by atomic mass is 10.0. The van der Waals surface area contributed by atoms with Crippen LogP contribution in [0.15, 0.2) is 12.5 Å². The van der Waals surface area contributed by atoms with Crippen LogP contribution in [0.1, 0.15) is 24.6 Å². The first-order valence-electron chi connectivity index (χ1n) is 7.76. The van der Waals surface area contributed by atoms with Crippen LogP contribution >= 0.6 is 0 Å². The zero-order valence-electron chi connectivity index (χ0n) is 13.1. The number of nitrogens with one attached hydrogen (secondary N) is 1. The number of hydrogen-bond donors (Lipinski definition) is 1. The molecule has 128 valence electrons. The number of nitrogens with zero attached hydrogens (tertiary/aromatic N) is 3. The maximum Gasteiger partial charge on any atom is 0.244 e. The van der Waals surface area contributed by atoms with Crippen LogP contribution in [-0.2, 0) is 26.1 Å². The third-order valence-electron chi connectivity index (χ3n) is 4.47. The second-order valence-electron chi connectivity index (χ2n) is 6.16. The van der Waals surface area contributed by atoms with E-state index in [1.807, 2.05) is 0 Å². The molecule has 0 aromatic carbocycles. The van der Waals surface area contributed by atoms with Crippen molar-refractivity contribution in [1.29, 1.82) is 0 Å². The highest BCUT2D eigenvalue weighted by atomic mass is 32.2. The van der Waals surface area contributed by atoms with Gasteiger partial charge in [-0.15, -0.1) is 0 Å². The Morgan fingerprint density at radius 3 is 2.87 bits per heavy atom. The van der Waals surface area contributed by atoms with Gasteiger partial charge in [-0.2, -0.15) is 4.31 Å². The van der Waals surface area contributed by atoms with Crippen molar-refractivity contribution in [3.8, 4) is 0 Å². The zero-order valence-corrected chi connectivity index (χ0v) is 14.0. The molecular weight excluding hydrogens is 320 g/mol. The maximum atomic E-state index is 12.6. The van der Waals surface area contributed by atoms with Crippen molar-refractivity contribution in [2.45, 2.75) is 25.4 Å². The lowest BCUT2D eigenvalue weighted by Gasteiger charge is -2.32. The minimum Gasteiger partial charge on any atom is -0.381 e. The Kier molecular flexibility index (Phi) is 4.69. The molecule has 1 amide bonds. The molecule has 3 heterocycles. The van der Waals surface area contributed by atoms with E-state index in [-0.39, 0.29) is 19.0 Å². The summed E-state index contributed by atoms with van der Waals surface area (Å²) in [6.07, 6.45) is 6.24. The number of sulfonamides is 1. The SMILES string of the molecule is CS(=O)(=O)N1Cc2cncn2[C@@H](C(=O)NCC2CCOCC2)C1. The second-order valence-corrected chi connectivity index (χ2v) is 8.15. The van der Waals surface area contributed by atoms with Crippen molar-refractivity contribution >= 4 is 15.9 Å². The molecule has 0 unspecified atom stereocenters. The van der Waals surface area contributed by atoms with Crippen LogP contribution < -0.4 is 5.32 Å². The molecule has 1 aromatic rings. The van der Waals surface area contributed by atoms with Gasteiger partial charge in [-0.1, -0.05) is 0 Å². The molecule has 0 radical (unpaired) electrons. The second kappa shape index (κ2) is 6.58. The predicted octanol–water partition coefficient (Wildman–Crippen LogP) is -0.258. The quantitative estimate of drug-likeness (QED) is 0.814. The fourth-order valence-corrected chi connectivity index (χ4v) is 3.82.